The molecule has 0 radical (unpaired) electrons. The zero-order valence-electron chi connectivity index (χ0n) is 10.7. The Morgan fingerprint density at radius 1 is 1.35 bits per heavy atom. The highest BCUT2D eigenvalue weighted by molar-refractivity contribution is 7.13. The number of nitrogens with zero attached hydrogens (tertiary/aromatic N) is 1. The first-order chi connectivity index (χ1) is 9.65. The van der Waals surface area contributed by atoms with Crippen LogP contribution in [0, 0.1) is 0 Å². The molecule has 0 spiro atoms. The van der Waals surface area contributed by atoms with Gasteiger partial charge in [0.05, 0.1) is 0 Å². The van der Waals surface area contributed by atoms with Crippen LogP contribution in [0.5, 0.6) is 5.75 Å². The molecule has 0 aliphatic rings. The first kappa shape index (κ1) is 14.0. The van der Waals surface area contributed by atoms with Gasteiger partial charge in [-0.05, 0) is 12.1 Å². The first-order valence-electron chi connectivity index (χ1n) is 5.81. The first-order valence-corrected chi connectivity index (χ1v) is 6.69. The van der Waals surface area contributed by atoms with E-state index in [0.29, 0.717) is 16.4 Å². The van der Waals surface area contributed by atoms with Gasteiger partial charge in [0.1, 0.15) is 5.75 Å². The highest BCUT2D eigenvalue weighted by atomic mass is 32.1. The summed E-state index contributed by atoms with van der Waals surface area (Å²) < 4.78 is 5.05. The van der Waals surface area contributed by atoms with Gasteiger partial charge in [-0.3, -0.25) is 14.9 Å². The maximum Gasteiger partial charge on any atom is 0.308 e. The number of hydrogen-bond donors (Lipinski definition) is 1. The van der Waals surface area contributed by atoms with Crippen LogP contribution in [0.15, 0.2) is 41.9 Å². The summed E-state index contributed by atoms with van der Waals surface area (Å²) >= 11 is 1.34. The van der Waals surface area contributed by atoms with Gasteiger partial charge in [0.2, 0.25) is 5.91 Å². The molecule has 1 N–H and O–H groups in total. The third-order valence-electron chi connectivity index (χ3n) is 2.25. The highest BCUT2D eigenvalue weighted by Gasteiger charge is 2.04. The Kier molecular flexibility index (Phi) is 4.62. The second-order valence-corrected chi connectivity index (χ2v) is 4.69. The van der Waals surface area contributed by atoms with E-state index in [-0.39, 0.29) is 5.91 Å². The van der Waals surface area contributed by atoms with E-state index in [0.717, 1.165) is 0 Å². The molecule has 102 valence electrons. The topological polar surface area (TPSA) is 68.3 Å². The zero-order valence-corrected chi connectivity index (χ0v) is 11.5. The fourth-order valence-corrected chi connectivity index (χ4v) is 2.00. The van der Waals surface area contributed by atoms with Crippen LogP contribution in [-0.2, 0) is 9.59 Å². The van der Waals surface area contributed by atoms with Crippen molar-refractivity contribution < 1.29 is 14.3 Å². The number of aromatic nitrogens is 1. The van der Waals surface area contributed by atoms with Crippen molar-refractivity contribution in [2.45, 2.75) is 6.92 Å². The number of nitrogens with one attached hydrogen (secondary N) is 1. The maximum atomic E-state index is 11.7. The molecule has 1 aromatic carbocycles. The molecule has 0 aliphatic heterocycles. The second-order valence-electron chi connectivity index (χ2n) is 3.79. The number of rotatable bonds is 4. The van der Waals surface area contributed by atoms with Gasteiger partial charge in [0, 0.05) is 30.1 Å². The molecule has 1 amide bonds. The van der Waals surface area contributed by atoms with Crippen molar-refractivity contribution in [1.82, 2.24) is 4.98 Å². The predicted molar refractivity (Wildman–Crippen MR) is 77.5 cm³/mol. The number of hydrogen-bond acceptors (Lipinski definition) is 5. The Hall–Kier alpha value is -2.47. The number of carbonyl (C=O) groups excluding carboxylic acids is 2. The molecule has 0 unspecified atom stereocenters. The summed E-state index contributed by atoms with van der Waals surface area (Å²) in [7, 11) is 0. The fourth-order valence-electron chi connectivity index (χ4n) is 1.46. The Morgan fingerprint density at radius 3 is 2.85 bits per heavy atom. The number of esters is 1. The summed E-state index contributed by atoms with van der Waals surface area (Å²) in [6, 6.07) is 6.97. The molecule has 0 atom stereocenters. The van der Waals surface area contributed by atoms with E-state index in [4.69, 9.17) is 4.74 Å². The lowest BCUT2D eigenvalue weighted by atomic mass is 10.2. The van der Waals surface area contributed by atoms with Crippen LogP contribution in [0.25, 0.3) is 6.08 Å². The Bertz CT molecular complexity index is 636. The second kappa shape index (κ2) is 6.63. The third kappa shape index (κ3) is 4.03. The minimum atomic E-state index is -0.405. The van der Waals surface area contributed by atoms with Gasteiger partial charge in [0.25, 0.3) is 0 Å². The van der Waals surface area contributed by atoms with Crippen molar-refractivity contribution in [3.63, 3.8) is 0 Å². The SMILES string of the molecule is CC(=O)Oc1ccccc1/C=C/C(=O)Nc1nccs1. The average molecular weight is 288 g/mol. The number of ether oxygens (including phenoxy) is 1. The van der Waals surface area contributed by atoms with E-state index < -0.39 is 5.97 Å². The smallest absolute Gasteiger partial charge is 0.308 e. The summed E-state index contributed by atoms with van der Waals surface area (Å²) in [6.45, 7) is 1.33. The molecule has 20 heavy (non-hydrogen) atoms. The normalized spacial score (nSPS) is 10.4. The highest BCUT2D eigenvalue weighted by Crippen LogP contribution is 2.19. The molecule has 0 bridgehead atoms. The zero-order chi connectivity index (χ0) is 14.4. The molecule has 1 heterocycles. The number of benzene rings is 1. The summed E-state index contributed by atoms with van der Waals surface area (Å²) in [5.74, 6) is -0.283. The fraction of sp³-hybridized carbons (Fsp3) is 0.0714. The number of anilines is 1. The quantitative estimate of drug-likeness (QED) is 0.533. The molecule has 0 aliphatic carbocycles. The lowest BCUT2D eigenvalue weighted by Gasteiger charge is -2.04. The molecule has 2 aromatic rings. The van der Waals surface area contributed by atoms with E-state index in [9.17, 15) is 9.59 Å². The van der Waals surface area contributed by atoms with Crippen LogP contribution >= 0.6 is 11.3 Å². The van der Waals surface area contributed by atoms with Gasteiger partial charge in [-0.15, -0.1) is 11.3 Å². The third-order valence-corrected chi connectivity index (χ3v) is 2.94. The van der Waals surface area contributed by atoms with Crippen LogP contribution in [-0.4, -0.2) is 16.9 Å². The van der Waals surface area contributed by atoms with Gasteiger partial charge in [-0.25, -0.2) is 4.98 Å². The molecule has 0 saturated heterocycles. The molecule has 0 fully saturated rings. The van der Waals surface area contributed by atoms with Gasteiger partial charge in [-0.1, -0.05) is 18.2 Å². The molecule has 6 heteroatoms. The Labute approximate surface area is 119 Å². The lowest BCUT2D eigenvalue weighted by Crippen LogP contribution is -2.07. The minimum Gasteiger partial charge on any atom is -0.426 e. The number of thiazole rings is 1. The monoisotopic (exact) mass is 288 g/mol. The van der Waals surface area contributed by atoms with Crippen LogP contribution in [0.3, 0.4) is 0 Å². The molecule has 0 saturated carbocycles. The number of amides is 1. The van der Waals surface area contributed by atoms with Crippen molar-refractivity contribution in [3.8, 4) is 5.75 Å². The van der Waals surface area contributed by atoms with E-state index in [1.54, 1.807) is 41.9 Å². The summed E-state index contributed by atoms with van der Waals surface area (Å²) in [5, 5.41) is 4.93. The van der Waals surface area contributed by atoms with Crippen LogP contribution < -0.4 is 10.1 Å². The Balaban J connectivity index is 2.07. The summed E-state index contributed by atoms with van der Waals surface area (Å²) in [5.41, 5.74) is 0.650. The van der Waals surface area contributed by atoms with Crippen molar-refractivity contribution in [2.24, 2.45) is 0 Å². The largest absolute Gasteiger partial charge is 0.426 e. The Morgan fingerprint density at radius 2 is 2.15 bits per heavy atom. The standard InChI is InChI=1S/C14H12N2O3S/c1-10(17)19-12-5-3-2-4-11(12)6-7-13(18)16-14-15-8-9-20-14/h2-9H,1H3,(H,15,16,18)/b7-6+. The predicted octanol–water partition coefficient (Wildman–Crippen LogP) is 2.72. The molecular formula is C14H12N2O3S. The number of carbonyl (C=O) groups is 2. The lowest BCUT2D eigenvalue weighted by molar-refractivity contribution is -0.131. The van der Waals surface area contributed by atoms with Crippen LogP contribution in [0.2, 0.25) is 0 Å². The minimum absolute atomic E-state index is 0.294. The van der Waals surface area contributed by atoms with E-state index in [1.807, 2.05) is 0 Å². The molecule has 1 aromatic heterocycles. The van der Waals surface area contributed by atoms with Crippen molar-refractivity contribution in [1.29, 1.82) is 0 Å². The molecule has 5 nitrogen and oxygen atoms in total. The maximum absolute atomic E-state index is 11.7. The van der Waals surface area contributed by atoms with E-state index in [1.165, 1.54) is 24.3 Å². The molecular weight excluding hydrogens is 276 g/mol. The van der Waals surface area contributed by atoms with Crippen LogP contribution in [0.4, 0.5) is 5.13 Å². The molecule has 2 rings (SSSR count). The number of para-hydroxylation sites is 1. The van der Waals surface area contributed by atoms with E-state index in [2.05, 4.69) is 10.3 Å². The van der Waals surface area contributed by atoms with Crippen LogP contribution in [0.1, 0.15) is 12.5 Å². The van der Waals surface area contributed by atoms with E-state index >= 15 is 0 Å². The van der Waals surface area contributed by atoms with Crippen molar-refractivity contribution in [3.05, 3.63) is 47.5 Å². The van der Waals surface area contributed by atoms with Gasteiger partial charge in [-0.2, -0.15) is 0 Å². The van der Waals surface area contributed by atoms with Gasteiger partial charge in [0.15, 0.2) is 5.13 Å². The van der Waals surface area contributed by atoms with Crippen molar-refractivity contribution >= 4 is 34.4 Å². The average Bonchev–Trinajstić information content (AvgIpc) is 2.90. The van der Waals surface area contributed by atoms with Crippen molar-refractivity contribution in [2.75, 3.05) is 5.32 Å². The summed E-state index contributed by atoms with van der Waals surface area (Å²) in [6.07, 6.45) is 4.56. The van der Waals surface area contributed by atoms with Gasteiger partial charge >= 0.3 is 5.97 Å². The summed E-state index contributed by atoms with van der Waals surface area (Å²) in [4.78, 5) is 26.6. The van der Waals surface area contributed by atoms with Gasteiger partial charge < -0.3 is 4.74 Å².